The number of carbonyl (C=O) groups is 1. The highest BCUT2D eigenvalue weighted by atomic mass is 16.5. The molecule has 1 amide bonds. The summed E-state index contributed by atoms with van der Waals surface area (Å²) in [6, 6.07) is 5.81. The molecule has 0 fully saturated rings. The number of nitrogens with one attached hydrogen (secondary N) is 1. The number of carbonyl (C=O) groups excluding carboxylic acids is 1. The van der Waals surface area contributed by atoms with Crippen molar-refractivity contribution in [3.05, 3.63) is 23.8 Å². The largest absolute Gasteiger partial charge is 0.491 e. The molecule has 0 saturated heterocycles. The molecule has 2 atom stereocenters. The molecular weight excluding hydrogens is 232 g/mol. The molecular formula is C13H18N2O3. The van der Waals surface area contributed by atoms with E-state index < -0.39 is 12.0 Å². The van der Waals surface area contributed by atoms with E-state index in [9.17, 15) is 4.79 Å². The Morgan fingerprint density at radius 1 is 1.67 bits per heavy atom. The molecule has 1 aliphatic heterocycles. The second-order valence-corrected chi connectivity index (χ2v) is 4.28. The Labute approximate surface area is 106 Å². The van der Waals surface area contributed by atoms with E-state index in [1.807, 2.05) is 12.1 Å². The van der Waals surface area contributed by atoms with E-state index in [0.717, 1.165) is 17.9 Å². The van der Waals surface area contributed by atoms with Crippen molar-refractivity contribution in [3.63, 3.8) is 0 Å². The number of likely N-dealkylation sites (N-methyl/N-ethyl adjacent to an activating group) is 1. The normalized spacial score (nSPS) is 18.9. The first-order valence-corrected chi connectivity index (χ1v) is 6.08. The van der Waals surface area contributed by atoms with E-state index in [1.165, 1.54) is 0 Å². The zero-order valence-corrected chi connectivity index (χ0v) is 10.6. The highest BCUT2D eigenvalue weighted by molar-refractivity contribution is 5.78. The number of hydrogen-bond acceptors (Lipinski definition) is 4. The molecule has 0 radical (unpaired) electrons. The molecule has 1 aromatic carbocycles. The van der Waals surface area contributed by atoms with Crippen molar-refractivity contribution in [1.29, 1.82) is 0 Å². The van der Waals surface area contributed by atoms with Gasteiger partial charge in [-0.2, -0.15) is 0 Å². The van der Waals surface area contributed by atoms with Gasteiger partial charge in [0.25, 0.3) is 5.91 Å². The van der Waals surface area contributed by atoms with Gasteiger partial charge in [-0.15, -0.1) is 0 Å². The van der Waals surface area contributed by atoms with E-state index in [-0.39, 0.29) is 6.04 Å². The molecule has 18 heavy (non-hydrogen) atoms. The summed E-state index contributed by atoms with van der Waals surface area (Å²) in [6.07, 6.45) is -0.644. The van der Waals surface area contributed by atoms with Crippen molar-refractivity contribution >= 4 is 5.91 Å². The van der Waals surface area contributed by atoms with Gasteiger partial charge in [0.2, 0.25) is 0 Å². The first-order chi connectivity index (χ1) is 8.61. The summed E-state index contributed by atoms with van der Waals surface area (Å²) in [5.74, 6) is 0.911. The molecule has 1 aliphatic rings. The monoisotopic (exact) mass is 250 g/mol. The van der Waals surface area contributed by atoms with Gasteiger partial charge in [0.1, 0.15) is 18.1 Å². The summed E-state index contributed by atoms with van der Waals surface area (Å²) in [5, 5.41) is 3.34. The molecule has 1 aromatic rings. The third-order valence-electron chi connectivity index (χ3n) is 2.93. The molecule has 0 bridgehead atoms. The number of fused-ring (bicyclic) bond motifs is 1. The minimum absolute atomic E-state index is 0.229. The number of rotatable bonds is 5. The van der Waals surface area contributed by atoms with Crippen LogP contribution >= 0.6 is 0 Å². The van der Waals surface area contributed by atoms with Crippen molar-refractivity contribution in [2.45, 2.75) is 26.0 Å². The molecule has 0 aliphatic carbocycles. The second-order valence-electron chi connectivity index (χ2n) is 4.28. The van der Waals surface area contributed by atoms with Gasteiger partial charge in [-0.1, -0.05) is 6.92 Å². The van der Waals surface area contributed by atoms with Gasteiger partial charge in [-0.25, -0.2) is 0 Å². The molecule has 5 heteroatoms. The summed E-state index contributed by atoms with van der Waals surface area (Å²) < 4.78 is 11.0. The summed E-state index contributed by atoms with van der Waals surface area (Å²) in [4.78, 5) is 10.9. The van der Waals surface area contributed by atoms with E-state index in [1.54, 1.807) is 13.0 Å². The Bertz CT molecular complexity index is 448. The fourth-order valence-corrected chi connectivity index (χ4v) is 1.94. The number of primary amides is 1. The first-order valence-electron chi connectivity index (χ1n) is 6.08. The quantitative estimate of drug-likeness (QED) is 0.817. The van der Waals surface area contributed by atoms with Crippen molar-refractivity contribution in [1.82, 2.24) is 5.32 Å². The SMILES string of the molecule is CCNC1COc2cc(OC(C)C(N)=O)ccc21. The molecule has 3 N–H and O–H groups in total. The predicted octanol–water partition coefficient (Wildman–Crippen LogP) is 0.982. The lowest BCUT2D eigenvalue weighted by molar-refractivity contribution is -0.123. The third-order valence-corrected chi connectivity index (χ3v) is 2.93. The zero-order chi connectivity index (χ0) is 13.1. The lowest BCUT2D eigenvalue weighted by Crippen LogP contribution is -2.30. The molecule has 98 valence electrons. The van der Waals surface area contributed by atoms with Gasteiger partial charge in [0.15, 0.2) is 6.10 Å². The van der Waals surface area contributed by atoms with E-state index in [0.29, 0.717) is 12.4 Å². The fraction of sp³-hybridized carbons (Fsp3) is 0.462. The lowest BCUT2D eigenvalue weighted by atomic mass is 10.1. The van der Waals surface area contributed by atoms with Crippen LogP contribution in [0.4, 0.5) is 0 Å². The summed E-state index contributed by atoms with van der Waals surface area (Å²) in [6.45, 7) is 5.20. The van der Waals surface area contributed by atoms with Crippen molar-refractivity contribution < 1.29 is 14.3 Å². The maximum Gasteiger partial charge on any atom is 0.258 e. The van der Waals surface area contributed by atoms with Gasteiger partial charge in [-0.05, 0) is 25.6 Å². The van der Waals surface area contributed by atoms with Crippen LogP contribution in [0.25, 0.3) is 0 Å². The van der Waals surface area contributed by atoms with Crippen LogP contribution in [-0.4, -0.2) is 25.2 Å². The number of ether oxygens (including phenoxy) is 2. The molecule has 5 nitrogen and oxygen atoms in total. The first kappa shape index (κ1) is 12.7. The van der Waals surface area contributed by atoms with Gasteiger partial charge >= 0.3 is 0 Å². The molecule has 0 spiro atoms. The maximum atomic E-state index is 10.9. The van der Waals surface area contributed by atoms with Crippen LogP contribution < -0.4 is 20.5 Å². The van der Waals surface area contributed by atoms with E-state index in [2.05, 4.69) is 12.2 Å². The van der Waals surface area contributed by atoms with Crippen LogP contribution in [-0.2, 0) is 4.79 Å². The average molecular weight is 250 g/mol. The number of amides is 1. The predicted molar refractivity (Wildman–Crippen MR) is 67.6 cm³/mol. The van der Waals surface area contributed by atoms with Gasteiger partial charge in [-0.3, -0.25) is 4.79 Å². The van der Waals surface area contributed by atoms with Crippen molar-refractivity contribution in [3.8, 4) is 11.5 Å². The van der Waals surface area contributed by atoms with Crippen LogP contribution in [0.1, 0.15) is 25.5 Å². The highest BCUT2D eigenvalue weighted by Crippen LogP contribution is 2.35. The van der Waals surface area contributed by atoms with E-state index >= 15 is 0 Å². The molecule has 1 heterocycles. The van der Waals surface area contributed by atoms with E-state index in [4.69, 9.17) is 15.2 Å². The number of nitrogens with two attached hydrogens (primary N) is 1. The summed E-state index contributed by atoms with van der Waals surface area (Å²) in [7, 11) is 0. The molecule has 2 rings (SSSR count). The van der Waals surface area contributed by atoms with Crippen molar-refractivity contribution in [2.75, 3.05) is 13.2 Å². The highest BCUT2D eigenvalue weighted by Gasteiger charge is 2.24. The fourth-order valence-electron chi connectivity index (χ4n) is 1.94. The minimum Gasteiger partial charge on any atom is -0.491 e. The minimum atomic E-state index is -0.644. The van der Waals surface area contributed by atoms with Crippen LogP contribution in [0.5, 0.6) is 11.5 Å². The Morgan fingerprint density at radius 3 is 3.11 bits per heavy atom. The Kier molecular flexibility index (Phi) is 3.72. The lowest BCUT2D eigenvalue weighted by Gasteiger charge is -2.12. The van der Waals surface area contributed by atoms with Crippen LogP contribution in [0.2, 0.25) is 0 Å². The molecule has 0 aromatic heterocycles. The second kappa shape index (κ2) is 5.27. The van der Waals surface area contributed by atoms with Crippen molar-refractivity contribution in [2.24, 2.45) is 5.73 Å². The number of hydrogen-bond donors (Lipinski definition) is 2. The number of benzene rings is 1. The van der Waals surface area contributed by atoms with Gasteiger partial charge in [0, 0.05) is 11.6 Å². The topological polar surface area (TPSA) is 73.6 Å². The molecule has 0 saturated carbocycles. The zero-order valence-electron chi connectivity index (χ0n) is 10.6. The summed E-state index contributed by atoms with van der Waals surface area (Å²) in [5.41, 5.74) is 6.27. The smallest absolute Gasteiger partial charge is 0.258 e. The van der Waals surface area contributed by atoms with Gasteiger partial charge < -0.3 is 20.5 Å². The summed E-state index contributed by atoms with van der Waals surface area (Å²) >= 11 is 0. The average Bonchev–Trinajstić information content (AvgIpc) is 2.72. The van der Waals surface area contributed by atoms with Crippen LogP contribution in [0, 0.1) is 0 Å². The third kappa shape index (κ3) is 2.56. The van der Waals surface area contributed by atoms with Gasteiger partial charge in [0.05, 0.1) is 6.04 Å². The van der Waals surface area contributed by atoms with Crippen LogP contribution in [0.15, 0.2) is 18.2 Å². The standard InChI is InChI=1S/C13H18N2O3/c1-3-15-11-7-17-12-6-9(4-5-10(11)12)18-8(2)13(14)16/h4-6,8,11,15H,3,7H2,1-2H3,(H2,14,16). The Balaban J connectivity index is 2.12. The Morgan fingerprint density at radius 2 is 2.44 bits per heavy atom. The molecule has 2 unspecified atom stereocenters. The maximum absolute atomic E-state index is 10.9. The van der Waals surface area contributed by atoms with Crippen LogP contribution in [0.3, 0.4) is 0 Å². The Hall–Kier alpha value is -1.75.